The maximum Gasteiger partial charge on any atom is 0.164 e. The molecule has 2 aliphatic carbocycles. The molecular weight excluding hydrogens is 394 g/mol. The second-order valence-electron chi connectivity index (χ2n) is 10.2. The Hall–Kier alpha value is -2.03. The first-order chi connectivity index (χ1) is 15.6. The highest BCUT2D eigenvalue weighted by Gasteiger charge is 2.25. The van der Waals surface area contributed by atoms with E-state index in [9.17, 15) is 4.79 Å². The zero-order chi connectivity index (χ0) is 22.5. The van der Waals surface area contributed by atoms with Crippen molar-refractivity contribution in [3.05, 3.63) is 41.1 Å². The Balaban J connectivity index is 1.66. The van der Waals surface area contributed by atoms with Crippen molar-refractivity contribution in [1.82, 2.24) is 4.57 Å². The average molecular weight is 436 g/mol. The van der Waals surface area contributed by atoms with Crippen molar-refractivity contribution in [2.75, 3.05) is 6.61 Å². The van der Waals surface area contributed by atoms with Crippen LogP contribution in [0.1, 0.15) is 99.2 Å². The summed E-state index contributed by atoms with van der Waals surface area (Å²) >= 11 is 0. The number of aromatic nitrogens is 1. The number of hydrogen-bond donors (Lipinski definition) is 0. The van der Waals surface area contributed by atoms with E-state index in [-0.39, 0.29) is 0 Å². The zero-order valence-electron chi connectivity index (χ0n) is 20.4. The van der Waals surface area contributed by atoms with Crippen molar-refractivity contribution < 1.29 is 9.53 Å². The summed E-state index contributed by atoms with van der Waals surface area (Å²) in [7, 11) is 0. The Kier molecular flexibility index (Phi) is 7.75. The van der Waals surface area contributed by atoms with E-state index in [0.29, 0.717) is 18.3 Å². The molecule has 0 N–H and O–H groups in total. The number of aryl methyl sites for hydroxylation is 1. The number of rotatable bonds is 8. The lowest BCUT2D eigenvalue weighted by Gasteiger charge is -2.25. The summed E-state index contributed by atoms with van der Waals surface area (Å²) in [4.78, 5) is 13.4. The Bertz CT molecular complexity index is 913. The second-order valence-corrected chi connectivity index (χ2v) is 10.2. The standard InChI is InChI=1S/C29H41NO2/c1-4-32-25-15-16-26(21(2)17-25)28-19-27(29(31)18-23-11-7-5-8-12-23)22(3)30(28)20-24-13-9-6-10-14-24/h15-17,19,23-24H,4-14,18,20H2,1-3H3. The summed E-state index contributed by atoms with van der Waals surface area (Å²) in [5.41, 5.74) is 5.77. The van der Waals surface area contributed by atoms with Gasteiger partial charge in [-0.05, 0) is 75.3 Å². The monoisotopic (exact) mass is 435 g/mol. The van der Waals surface area contributed by atoms with Crippen LogP contribution in [0.2, 0.25) is 0 Å². The molecule has 32 heavy (non-hydrogen) atoms. The minimum absolute atomic E-state index is 0.349. The van der Waals surface area contributed by atoms with E-state index in [2.05, 4.69) is 42.7 Å². The Morgan fingerprint density at radius 3 is 2.22 bits per heavy atom. The molecule has 0 unspecified atom stereocenters. The van der Waals surface area contributed by atoms with E-state index in [4.69, 9.17) is 4.74 Å². The zero-order valence-corrected chi connectivity index (χ0v) is 20.4. The van der Waals surface area contributed by atoms with E-state index in [1.54, 1.807) is 0 Å². The molecule has 0 radical (unpaired) electrons. The SMILES string of the molecule is CCOc1ccc(-c2cc(C(=O)CC3CCCCC3)c(C)n2CC2CCCCC2)c(C)c1. The third-order valence-electron chi connectivity index (χ3n) is 7.82. The first-order valence-corrected chi connectivity index (χ1v) is 13.0. The molecular formula is C29H41NO2. The summed E-state index contributed by atoms with van der Waals surface area (Å²) in [6.45, 7) is 8.06. The molecule has 2 aliphatic rings. The van der Waals surface area contributed by atoms with Gasteiger partial charge < -0.3 is 9.30 Å². The van der Waals surface area contributed by atoms with Crippen LogP contribution in [0, 0.1) is 25.7 Å². The molecule has 174 valence electrons. The number of carbonyl (C=O) groups excluding carboxylic acids is 1. The van der Waals surface area contributed by atoms with Gasteiger partial charge in [-0.1, -0.05) is 51.4 Å². The largest absolute Gasteiger partial charge is 0.494 e. The van der Waals surface area contributed by atoms with Gasteiger partial charge in [0.2, 0.25) is 0 Å². The van der Waals surface area contributed by atoms with E-state index in [0.717, 1.165) is 30.2 Å². The Morgan fingerprint density at radius 1 is 0.938 bits per heavy atom. The molecule has 2 aromatic rings. The van der Waals surface area contributed by atoms with E-state index in [1.807, 2.05) is 6.92 Å². The summed E-state index contributed by atoms with van der Waals surface area (Å²) < 4.78 is 8.19. The lowest BCUT2D eigenvalue weighted by atomic mass is 9.85. The quantitative estimate of drug-likeness (QED) is 0.395. The van der Waals surface area contributed by atoms with Crippen LogP contribution in [-0.4, -0.2) is 17.0 Å². The molecule has 0 atom stereocenters. The maximum atomic E-state index is 13.4. The maximum absolute atomic E-state index is 13.4. The summed E-state index contributed by atoms with van der Waals surface area (Å²) in [6.07, 6.45) is 13.8. The topological polar surface area (TPSA) is 31.2 Å². The molecule has 4 rings (SSSR count). The third kappa shape index (κ3) is 5.30. The number of carbonyl (C=O) groups is 1. The molecule has 0 bridgehead atoms. The third-order valence-corrected chi connectivity index (χ3v) is 7.82. The minimum Gasteiger partial charge on any atom is -0.494 e. The molecule has 0 aliphatic heterocycles. The minimum atomic E-state index is 0.349. The lowest BCUT2D eigenvalue weighted by molar-refractivity contribution is 0.0949. The molecule has 1 aromatic heterocycles. The van der Waals surface area contributed by atoms with E-state index in [1.165, 1.54) is 86.7 Å². The fourth-order valence-electron chi connectivity index (χ4n) is 5.96. The second kappa shape index (κ2) is 10.7. The Labute approximate surface area is 194 Å². The van der Waals surface area contributed by atoms with Gasteiger partial charge in [0, 0.05) is 35.5 Å². The first-order valence-electron chi connectivity index (χ1n) is 13.0. The van der Waals surface area contributed by atoms with Gasteiger partial charge in [-0.2, -0.15) is 0 Å². The summed E-state index contributed by atoms with van der Waals surface area (Å²) in [5, 5.41) is 0. The summed E-state index contributed by atoms with van der Waals surface area (Å²) in [6, 6.07) is 8.59. The van der Waals surface area contributed by atoms with Crippen LogP contribution in [0.5, 0.6) is 5.75 Å². The van der Waals surface area contributed by atoms with Crippen LogP contribution >= 0.6 is 0 Å². The fraction of sp³-hybridized carbons (Fsp3) is 0.621. The smallest absolute Gasteiger partial charge is 0.164 e. The molecule has 3 heteroatoms. The van der Waals surface area contributed by atoms with Crippen molar-refractivity contribution in [1.29, 1.82) is 0 Å². The molecule has 3 nitrogen and oxygen atoms in total. The fourth-order valence-corrected chi connectivity index (χ4v) is 5.96. The molecule has 2 saturated carbocycles. The van der Waals surface area contributed by atoms with E-state index < -0.39 is 0 Å². The molecule has 1 aromatic carbocycles. The molecule has 0 amide bonds. The number of ether oxygens (including phenoxy) is 1. The van der Waals surface area contributed by atoms with Gasteiger partial charge in [-0.15, -0.1) is 0 Å². The molecule has 2 fully saturated rings. The predicted molar refractivity (Wildman–Crippen MR) is 133 cm³/mol. The van der Waals surface area contributed by atoms with Gasteiger partial charge in [-0.3, -0.25) is 4.79 Å². The van der Waals surface area contributed by atoms with Crippen molar-refractivity contribution in [3.8, 4) is 17.0 Å². The van der Waals surface area contributed by atoms with Crippen LogP contribution in [0.3, 0.4) is 0 Å². The van der Waals surface area contributed by atoms with Crippen LogP contribution in [0.15, 0.2) is 24.3 Å². The number of nitrogens with zero attached hydrogens (tertiary/aromatic N) is 1. The number of ketones is 1. The molecule has 0 spiro atoms. The molecule has 1 heterocycles. The van der Waals surface area contributed by atoms with Gasteiger partial charge in [0.25, 0.3) is 0 Å². The number of hydrogen-bond acceptors (Lipinski definition) is 2. The van der Waals surface area contributed by atoms with E-state index >= 15 is 0 Å². The highest BCUT2D eigenvalue weighted by Crippen LogP contribution is 2.35. The highest BCUT2D eigenvalue weighted by atomic mass is 16.5. The first kappa shape index (κ1) is 23.1. The van der Waals surface area contributed by atoms with Gasteiger partial charge >= 0.3 is 0 Å². The average Bonchev–Trinajstić information content (AvgIpc) is 3.11. The van der Waals surface area contributed by atoms with Crippen LogP contribution < -0.4 is 4.74 Å². The van der Waals surface area contributed by atoms with Crippen LogP contribution in [0.25, 0.3) is 11.3 Å². The predicted octanol–water partition coefficient (Wildman–Crippen LogP) is 7.90. The van der Waals surface area contributed by atoms with Crippen LogP contribution in [-0.2, 0) is 6.54 Å². The van der Waals surface area contributed by atoms with Crippen molar-refractivity contribution in [3.63, 3.8) is 0 Å². The Morgan fingerprint density at radius 2 is 1.59 bits per heavy atom. The van der Waals surface area contributed by atoms with Crippen molar-refractivity contribution in [2.24, 2.45) is 11.8 Å². The molecule has 0 saturated heterocycles. The highest BCUT2D eigenvalue weighted by molar-refractivity contribution is 5.99. The van der Waals surface area contributed by atoms with Gasteiger partial charge in [0.05, 0.1) is 6.61 Å². The normalized spacial score (nSPS) is 18.1. The van der Waals surface area contributed by atoms with Crippen molar-refractivity contribution in [2.45, 2.75) is 97.9 Å². The van der Waals surface area contributed by atoms with Crippen LogP contribution in [0.4, 0.5) is 0 Å². The number of benzene rings is 1. The summed E-state index contributed by atoms with van der Waals surface area (Å²) in [5.74, 6) is 2.57. The number of Topliss-reactive ketones (excluding diaryl/α,β-unsaturated/α-hetero) is 1. The van der Waals surface area contributed by atoms with Gasteiger partial charge in [0.15, 0.2) is 5.78 Å². The van der Waals surface area contributed by atoms with Gasteiger partial charge in [0.1, 0.15) is 5.75 Å². The van der Waals surface area contributed by atoms with Gasteiger partial charge in [-0.25, -0.2) is 0 Å². The van der Waals surface area contributed by atoms with Crippen molar-refractivity contribution >= 4 is 5.78 Å². The lowest BCUT2D eigenvalue weighted by Crippen LogP contribution is -2.17.